The molecule has 0 radical (unpaired) electrons. The van der Waals surface area contributed by atoms with E-state index in [0.29, 0.717) is 13.0 Å². The number of carbonyl (C=O) groups excluding carboxylic acids is 1. The van der Waals surface area contributed by atoms with Gasteiger partial charge in [-0.05, 0) is 43.2 Å². The van der Waals surface area contributed by atoms with Gasteiger partial charge in [-0.1, -0.05) is 18.2 Å². The molecule has 132 valence electrons. The molecule has 0 atom stereocenters. The largest absolute Gasteiger partial charge is 0.384 e. The summed E-state index contributed by atoms with van der Waals surface area (Å²) in [6, 6.07) is 12.3. The van der Waals surface area contributed by atoms with E-state index in [-0.39, 0.29) is 5.91 Å². The van der Waals surface area contributed by atoms with Gasteiger partial charge in [0.1, 0.15) is 5.82 Å². The van der Waals surface area contributed by atoms with Crippen LogP contribution in [0.15, 0.2) is 42.6 Å². The average Bonchev–Trinajstić information content (AvgIpc) is 2.65. The Bertz CT molecular complexity index is 709. The van der Waals surface area contributed by atoms with Gasteiger partial charge in [0, 0.05) is 51.0 Å². The van der Waals surface area contributed by atoms with E-state index in [9.17, 15) is 4.79 Å². The molecule has 1 saturated heterocycles. The molecule has 0 unspecified atom stereocenters. The lowest BCUT2D eigenvalue weighted by Crippen LogP contribution is -2.49. The number of benzene rings is 1. The molecule has 0 bridgehead atoms. The Kier molecular flexibility index (Phi) is 5.53. The molecule has 1 aromatic heterocycles. The van der Waals surface area contributed by atoms with Gasteiger partial charge in [0.15, 0.2) is 0 Å². The molecule has 0 aliphatic carbocycles. The number of nitrogens with one attached hydrogen (secondary N) is 1. The highest BCUT2D eigenvalue weighted by Crippen LogP contribution is 2.17. The molecule has 1 aromatic carbocycles. The highest BCUT2D eigenvalue weighted by molar-refractivity contribution is 5.77. The van der Waals surface area contributed by atoms with Crippen molar-refractivity contribution < 1.29 is 4.79 Å². The molecule has 3 rings (SSSR count). The van der Waals surface area contributed by atoms with Crippen molar-refractivity contribution in [1.82, 2.24) is 9.88 Å². The third kappa shape index (κ3) is 4.50. The van der Waals surface area contributed by atoms with Gasteiger partial charge in [-0.25, -0.2) is 4.98 Å². The molecular formula is C20H26N4O. The lowest BCUT2D eigenvalue weighted by atomic mass is 10.1. The third-order valence-electron chi connectivity index (χ3n) is 4.65. The Morgan fingerprint density at radius 2 is 1.92 bits per heavy atom. The van der Waals surface area contributed by atoms with Crippen molar-refractivity contribution in [3.8, 4) is 0 Å². The third-order valence-corrected chi connectivity index (χ3v) is 4.65. The summed E-state index contributed by atoms with van der Waals surface area (Å²) in [6.45, 7) is 8.04. The summed E-state index contributed by atoms with van der Waals surface area (Å²) in [5.41, 5.74) is 3.56. The van der Waals surface area contributed by atoms with Gasteiger partial charge < -0.3 is 15.1 Å². The van der Waals surface area contributed by atoms with E-state index >= 15 is 0 Å². The zero-order chi connectivity index (χ0) is 17.6. The molecule has 1 aliphatic rings. The standard InChI is InChI=1S/C20H26N4O/c1-16-6-7-17(2)18(15-16)21-10-8-20(25)24-13-11-23(12-14-24)19-5-3-4-9-22-19/h3-7,9,15,21H,8,10-14H2,1-2H3. The molecule has 1 N–H and O–H groups in total. The summed E-state index contributed by atoms with van der Waals surface area (Å²) >= 11 is 0. The molecule has 5 heteroatoms. The second-order valence-electron chi connectivity index (χ2n) is 6.55. The first-order chi connectivity index (χ1) is 12.1. The summed E-state index contributed by atoms with van der Waals surface area (Å²) < 4.78 is 0. The molecule has 0 saturated carbocycles. The Labute approximate surface area is 149 Å². The Morgan fingerprint density at radius 1 is 1.12 bits per heavy atom. The zero-order valence-electron chi connectivity index (χ0n) is 15.0. The van der Waals surface area contributed by atoms with Gasteiger partial charge in [-0.2, -0.15) is 0 Å². The number of aromatic nitrogens is 1. The molecule has 2 heterocycles. The van der Waals surface area contributed by atoms with E-state index in [1.807, 2.05) is 29.3 Å². The molecule has 1 aliphatic heterocycles. The van der Waals surface area contributed by atoms with Crippen LogP contribution in [0.25, 0.3) is 0 Å². The van der Waals surface area contributed by atoms with E-state index in [2.05, 4.69) is 47.2 Å². The van der Waals surface area contributed by atoms with Crippen molar-refractivity contribution in [2.75, 3.05) is 42.9 Å². The fraction of sp³-hybridized carbons (Fsp3) is 0.400. The number of nitrogens with zero attached hydrogens (tertiary/aromatic N) is 3. The minimum Gasteiger partial charge on any atom is -0.384 e. The van der Waals surface area contributed by atoms with Gasteiger partial charge in [0.2, 0.25) is 5.91 Å². The monoisotopic (exact) mass is 338 g/mol. The van der Waals surface area contributed by atoms with Crippen molar-refractivity contribution in [1.29, 1.82) is 0 Å². The van der Waals surface area contributed by atoms with Gasteiger partial charge in [-0.3, -0.25) is 4.79 Å². The molecule has 25 heavy (non-hydrogen) atoms. The number of amides is 1. The fourth-order valence-electron chi connectivity index (χ4n) is 3.11. The lowest BCUT2D eigenvalue weighted by molar-refractivity contribution is -0.131. The molecular weight excluding hydrogens is 312 g/mol. The van der Waals surface area contributed by atoms with Crippen molar-refractivity contribution in [3.05, 3.63) is 53.7 Å². The molecule has 2 aromatic rings. The van der Waals surface area contributed by atoms with Crippen LogP contribution in [0.1, 0.15) is 17.5 Å². The minimum atomic E-state index is 0.221. The Balaban J connectivity index is 1.44. The SMILES string of the molecule is Cc1ccc(C)c(NCCC(=O)N2CCN(c3ccccn3)CC2)c1. The maximum Gasteiger partial charge on any atom is 0.224 e. The van der Waals surface area contributed by atoms with Crippen LogP contribution in [0.4, 0.5) is 11.5 Å². The predicted molar refractivity (Wildman–Crippen MR) is 102 cm³/mol. The lowest BCUT2D eigenvalue weighted by Gasteiger charge is -2.35. The Hall–Kier alpha value is -2.56. The van der Waals surface area contributed by atoms with Crippen LogP contribution in [0.2, 0.25) is 0 Å². The van der Waals surface area contributed by atoms with Crippen molar-refractivity contribution in [3.63, 3.8) is 0 Å². The van der Waals surface area contributed by atoms with Crippen LogP contribution < -0.4 is 10.2 Å². The minimum absolute atomic E-state index is 0.221. The number of piperazine rings is 1. The van der Waals surface area contributed by atoms with E-state index < -0.39 is 0 Å². The first-order valence-corrected chi connectivity index (χ1v) is 8.88. The molecule has 1 fully saturated rings. The zero-order valence-corrected chi connectivity index (χ0v) is 15.0. The van der Waals surface area contributed by atoms with Crippen molar-refractivity contribution in [2.45, 2.75) is 20.3 Å². The Morgan fingerprint density at radius 3 is 2.64 bits per heavy atom. The average molecular weight is 338 g/mol. The summed E-state index contributed by atoms with van der Waals surface area (Å²) in [5.74, 6) is 1.21. The van der Waals surface area contributed by atoms with Gasteiger partial charge in [0.25, 0.3) is 0 Å². The van der Waals surface area contributed by atoms with E-state index in [1.165, 1.54) is 11.1 Å². The van der Waals surface area contributed by atoms with Gasteiger partial charge >= 0.3 is 0 Å². The molecule has 1 amide bonds. The molecule has 0 spiro atoms. The highest BCUT2D eigenvalue weighted by Gasteiger charge is 2.21. The maximum absolute atomic E-state index is 12.4. The predicted octanol–water partition coefficient (Wildman–Crippen LogP) is 2.85. The smallest absolute Gasteiger partial charge is 0.224 e. The number of carbonyl (C=O) groups is 1. The first-order valence-electron chi connectivity index (χ1n) is 8.88. The van der Waals surface area contributed by atoms with Crippen LogP contribution in [-0.4, -0.2) is 48.5 Å². The second kappa shape index (κ2) is 8.01. The van der Waals surface area contributed by atoms with Gasteiger partial charge in [-0.15, -0.1) is 0 Å². The van der Waals surface area contributed by atoms with Crippen LogP contribution in [0.5, 0.6) is 0 Å². The van der Waals surface area contributed by atoms with E-state index in [1.54, 1.807) is 0 Å². The fourth-order valence-corrected chi connectivity index (χ4v) is 3.11. The molecule has 5 nitrogen and oxygen atoms in total. The second-order valence-corrected chi connectivity index (χ2v) is 6.55. The maximum atomic E-state index is 12.4. The van der Waals surface area contributed by atoms with Crippen molar-refractivity contribution in [2.24, 2.45) is 0 Å². The van der Waals surface area contributed by atoms with E-state index in [0.717, 1.165) is 37.7 Å². The number of aryl methyl sites for hydroxylation is 2. The van der Waals surface area contributed by atoms with Crippen LogP contribution in [0.3, 0.4) is 0 Å². The topological polar surface area (TPSA) is 48.5 Å². The van der Waals surface area contributed by atoms with Crippen LogP contribution in [-0.2, 0) is 4.79 Å². The highest BCUT2D eigenvalue weighted by atomic mass is 16.2. The van der Waals surface area contributed by atoms with Crippen LogP contribution in [0, 0.1) is 13.8 Å². The van der Waals surface area contributed by atoms with E-state index in [4.69, 9.17) is 0 Å². The number of hydrogen-bond acceptors (Lipinski definition) is 4. The van der Waals surface area contributed by atoms with Crippen LogP contribution >= 0.6 is 0 Å². The first kappa shape index (κ1) is 17.3. The summed E-state index contributed by atoms with van der Waals surface area (Å²) in [6.07, 6.45) is 2.34. The number of rotatable bonds is 5. The number of anilines is 2. The quantitative estimate of drug-likeness (QED) is 0.911. The normalized spacial score (nSPS) is 14.5. The van der Waals surface area contributed by atoms with Crippen molar-refractivity contribution >= 4 is 17.4 Å². The van der Waals surface area contributed by atoms with Gasteiger partial charge in [0.05, 0.1) is 0 Å². The summed E-state index contributed by atoms with van der Waals surface area (Å²) in [5, 5.41) is 3.39. The summed E-state index contributed by atoms with van der Waals surface area (Å²) in [7, 11) is 0. The number of hydrogen-bond donors (Lipinski definition) is 1. The summed E-state index contributed by atoms with van der Waals surface area (Å²) in [4.78, 5) is 21.0. The number of pyridine rings is 1.